The second-order valence-electron chi connectivity index (χ2n) is 3.24. The quantitative estimate of drug-likeness (QED) is 0.684. The van der Waals surface area contributed by atoms with Crippen LogP contribution < -0.4 is 5.32 Å². The zero-order valence-electron chi connectivity index (χ0n) is 8.76. The third-order valence-electron chi connectivity index (χ3n) is 1.99. The van der Waals surface area contributed by atoms with Crippen LogP contribution in [0.5, 0.6) is 0 Å². The van der Waals surface area contributed by atoms with E-state index in [1.807, 2.05) is 0 Å². The number of carboxylic acid groups (broad SMARTS) is 1. The van der Waals surface area contributed by atoms with Crippen LogP contribution in [-0.2, 0) is 4.79 Å². The van der Waals surface area contributed by atoms with E-state index < -0.39 is 12.1 Å². The van der Waals surface area contributed by atoms with Gasteiger partial charge in [0.15, 0.2) is 6.10 Å². The number of hydrogen-bond donors (Lipinski definition) is 3. The Morgan fingerprint density at radius 2 is 2.24 bits per heavy atom. The summed E-state index contributed by atoms with van der Waals surface area (Å²) in [5.74, 6) is -1.68. The van der Waals surface area contributed by atoms with Gasteiger partial charge in [-0.15, -0.1) is 0 Å². The number of carbonyl (C=O) groups excluding carboxylic acids is 1. The van der Waals surface area contributed by atoms with E-state index in [0.29, 0.717) is 10.2 Å². The van der Waals surface area contributed by atoms with Crippen molar-refractivity contribution in [3.63, 3.8) is 0 Å². The van der Waals surface area contributed by atoms with Crippen molar-refractivity contribution in [2.45, 2.75) is 12.5 Å². The summed E-state index contributed by atoms with van der Waals surface area (Å²) in [5, 5.41) is 19.9. The molecule has 3 N–H and O–H groups in total. The van der Waals surface area contributed by atoms with Crippen LogP contribution in [0.3, 0.4) is 0 Å². The second-order valence-corrected chi connectivity index (χ2v) is 3.99. The molecule has 6 nitrogen and oxygen atoms in total. The van der Waals surface area contributed by atoms with Crippen molar-refractivity contribution in [2.24, 2.45) is 0 Å². The van der Waals surface area contributed by atoms with Gasteiger partial charge in [-0.1, -0.05) is 0 Å². The monoisotopic (exact) mass is 302 g/mol. The third-order valence-corrected chi connectivity index (χ3v) is 2.62. The number of nitrogens with one attached hydrogen (secondary N) is 1. The van der Waals surface area contributed by atoms with Gasteiger partial charge in [-0.3, -0.25) is 4.79 Å². The van der Waals surface area contributed by atoms with Gasteiger partial charge in [0.2, 0.25) is 0 Å². The number of carboxylic acids is 1. The lowest BCUT2D eigenvalue weighted by molar-refractivity contribution is -0.146. The molecule has 0 saturated carbocycles. The van der Waals surface area contributed by atoms with Gasteiger partial charge in [0.25, 0.3) is 5.91 Å². The molecule has 0 aliphatic heterocycles. The Bertz CT molecular complexity index is 425. The number of hydrogen-bond acceptors (Lipinski definition) is 4. The number of aliphatic hydroxyl groups is 1. The number of amides is 1. The lowest BCUT2D eigenvalue weighted by Gasteiger charge is -2.07. The molecule has 0 saturated heterocycles. The molecule has 0 spiro atoms. The minimum atomic E-state index is -1.47. The molecular weight excluding hydrogens is 292 g/mol. The van der Waals surface area contributed by atoms with E-state index in [4.69, 9.17) is 10.2 Å². The fraction of sp³-hybridized carbons (Fsp3) is 0.300. The lowest BCUT2D eigenvalue weighted by Crippen LogP contribution is -2.30. The van der Waals surface area contributed by atoms with Gasteiger partial charge in [-0.2, -0.15) is 0 Å². The summed E-state index contributed by atoms with van der Waals surface area (Å²) in [6.45, 7) is 0.0770. The van der Waals surface area contributed by atoms with Gasteiger partial charge in [-0.25, -0.2) is 9.78 Å². The highest BCUT2D eigenvalue weighted by atomic mass is 79.9. The lowest BCUT2D eigenvalue weighted by atomic mass is 10.2. The Labute approximate surface area is 106 Å². The van der Waals surface area contributed by atoms with Crippen LogP contribution in [0.15, 0.2) is 22.9 Å². The number of rotatable bonds is 5. The molecule has 0 aliphatic rings. The number of pyridine rings is 1. The maximum Gasteiger partial charge on any atom is 0.332 e. The molecule has 0 bridgehead atoms. The molecule has 7 heteroatoms. The van der Waals surface area contributed by atoms with Gasteiger partial charge in [0.05, 0.1) is 5.56 Å². The van der Waals surface area contributed by atoms with Crippen molar-refractivity contribution in [2.75, 3.05) is 6.54 Å². The average molecular weight is 303 g/mol. The van der Waals surface area contributed by atoms with Crippen molar-refractivity contribution in [3.8, 4) is 0 Å². The second kappa shape index (κ2) is 6.31. The van der Waals surface area contributed by atoms with Crippen LogP contribution in [0.4, 0.5) is 0 Å². The standard InChI is InChI=1S/C10H11BrN2O4/c11-8-6(2-1-4-12-8)9(15)13-5-3-7(14)10(16)17/h1-2,4,7,14H,3,5H2,(H,13,15)(H,16,17)/t7-/m0/s1. The van der Waals surface area contributed by atoms with E-state index in [2.05, 4.69) is 26.2 Å². The first kappa shape index (κ1) is 13.6. The maximum atomic E-state index is 11.6. The third kappa shape index (κ3) is 4.12. The Balaban J connectivity index is 2.46. The first-order valence-electron chi connectivity index (χ1n) is 4.82. The van der Waals surface area contributed by atoms with Crippen molar-refractivity contribution in [1.82, 2.24) is 10.3 Å². The molecule has 17 heavy (non-hydrogen) atoms. The van der Waals surface area contributed by atoms with E-state index in [1.165, 1.54) is 6.20 Å². The Hall–Kier alpha value is -1.47. The van der Waals surface area contributed by atoms with Crippen LogP contribution in [-0.4, -0.2) is 39.7 Å². The molecule has 1 amide bonds. The SMILES string of the molecule is O=C(NCC[C@H](O)C(=O)O)c1cccnc1Br. The van der Waals surface area contributed by atoms with Gasteiger partial charge >= 0.3 is 5.97 Å². The zero-order valence-corrected chi connectivity index (χ0v) is 10.3. The van der Waals surface area contributed by atoms with Crippen molar-refractivity contribution in [1.29, 1.82) is 0 Å². The molecule has 0 aliphatic carbocycles. The van der Waals surface area contributed by atoms with E-state index in [-0.39, 0.29) is 18.9 Å². The molecule has 0 radical (unpaired) electrons. The van der Waals surface area contributed by atoms with E-state index in [1.54, 1.807) is 12.1 Å². The topological polar surface area (TPSA) is 99.5 Å². The molecule has 1 rings (SSSR count). The summed E-state index contributed by atoms with van der Waals surface area (Å²) in [7, 11) is 0. The number of aliphatic carboxylic acids is 1. The summed E-state index contributed by atoms with van der Waals surface area (Å²) in [6, 6.07) is 3.20. The van der Waals surface area contributed by atoms with Gasteiger partial charge in [-0.05, 0) is 28.1 Å². The number of nitrogens with zero attached hydrogens (tertiary/aromatic N) is 1. The maximum absolute atomic E-state index is 11.6. The Morgan fingerprint density at radius 3 is 2.82 bits per heavy atom. The summed E-state index contributed by atoms with van der Waals surface area (Å²) in [6.07, 6.45) is 0.0289. The smallest absolute Gasteiger partial charge is 0.332 e. The molecule has 1 aromatic heterocycles. The number of halogens is 1. The van der Waals surface area contributed by atoms with E-state index >= 15 is 0 Å². The first-order chi connectivity index (χ1) is 8.02. The molecule has 92 valence electrons. The van der Waals surface area contributed by atoms with Gasteiger partial charge in [0.1, 0.15) is 4.60 Å². The fourth-order valence-corrected chi connectivity index (χ4v) is 1.53. The average Bonchev–Trinajstić information content (AvgIpc) is 2.29. The van der Waals surface area contributed by atoms with Gasteiger partial charge in [0, 0.05) is 19.2 Å². The molecular formula is C10H11BrN2O4. The molecule has 1 atom stereocenters. The first-order valence-corrected chi connectivity index (χ1v) is 5.61. The zero-order chi connectivity index (χ0) is 12.8. The van der Waals surface area contributed by atoms with Crippen molar-refractivity contribution < 1.29 is 19.8 Å². The van der Waals surface area contributed by atoms with Crippen molar-refractivity contribution >= 4 is 27.8 Å². The van der Waals surface area contributed by atoms with Crippen LogP contribution in [0.25, 0.3) is 0 Å². The van der Waals surface area contributed by atoms with Crippen LogP contribution >= 0.6 is 15.9 Å². The van der Waals surface area contributed by atoms with Crippen molar-refractivity contribution in [3.05, 3.63) is 28.5 Å². The Kier molecular flexibility index (Phi) is 5.05. The van der Waals surface area contributed by atoms with Crippen LogP contribution in [0, 0.1) is 0 Å². The summed E-state index contributed by atoms with van der Waals surface area (Å²) >= 11 is 3.13. The minimum Gasteiger partial charge on any atom is -0.479 e. The highest BCUT2D eigenvalue weighted by molar-refractivity contribution is 9.10. The number of aromatic nitrogens is 1. The Morgan fingerprint density at radius 1 is 1.53 bits per heavy atom. The normalized spacial score (nSPS) is 11.9. The summed E-state index contributed by atoms with van der Waals surface area (Å²) in [4.78, 5) is 25.8. The van der Waals surface area contributed by atoms with E-state index in [9.17, 15) is 9.59 Å². The van der Waals surface area contributed by atoms with Crippen LogP contribution in [0.2, 0.25) is 0 Å². The minimum absolute atomic E-state index is 0.0427. The largest absolute Gasteiger partial charge is 0.479 e. The number of aliphatic hydroxyl groups excluding tert-OH is 1. The van der Waals surface area contributed by atoms with Gasteiger partial charge < -0.3 is 15.5 Å². The summed E-state index contributed by atoms with van der Waals surface area (Å²) in [5.41, 5.74) is 0.359. The molecule has 0 unspecified atom stereocenters. The molecule has 0 aromatic carbocycles. The number of carbonyl (C=O) groups is 2. The molecule has 0 fully saturated rings. The fourth-order valence-electron chi connectivity index (χ4n) is 1.10. The predicted molar refractivity (Wildman–Crippen MR) is 62.5 cm³/mol. The van der Waals surface area contributed by atoms with E-state index in [0.717, 1.165) is 0 Å². The van der Waals surface area contributed by atoms with Crippen LogP contribution in [0.1, 0.15) is 16.8 Å². The molecule has 1 heterocycles. The highest BCUT2D eigenvalue weighted by Gasteiger charge is 2.14. The highest BCUT2D eigenvalue weighted by Crippen LogP contribution is 2.11. The summed E-state index contributed by atoms with van der Waals surface area (Å²) < 4.78 is 0.413. The predicted octanol–water partition coefficient (Wildman–Crippen LogP) is 0.409. The molecule has 1 aromatic rings.